The Kier molecular flexibility index (Phi) is 3.21. The highest BCUT2D eigenvalue weighted by Crippen LogP contribution is 2.15. The fraction of sp³-hybridized carbons (Fsp3) is 0.455. The van der Waals surface area contributed by atoms with E-state index < -0.39 is 0 Å². The van der Waals surface area contributed by atoms with Crippen molar-refractivity contribution in [2.75, 3.05) is 0 Å². The van der Waals surface area contributed by atoms with Crippen molar-refractivity contribution in [1.82, 2.24) is 14.5 Å². The number of alkyl halides is 1. The number of aryl methyl sites for hydroxylation is 1. The monoisotopic (exact) mass is 223 g/mol. The van der Waals surface area contributed by atoms with Crippen LogP contribution in [0.25, 0.3) is 11.2 Å². The lowest BCUT2D eigenvalue weighted by atomic mass is 10.3. The van der Waals surface area contributed by atoms with Crippen LogP contribution in [0.3, 0.4) is 0 Å². The van der Waals surface area contributed by atoms with Crippen LogP contribution >= 0.6 is 11.6 Å². The Balaban J connectivity index is 2.47. The number of nitrogens with zero attached hydrogens (tertiary/aromatic N) is 3. The molecule has 4 heteroatoms. The highest BCUT2D eigenvalue weighted by molar-refractivity contribution is 6.16. The van der Waals surface area contributed by atoms with Crippen LogP contribution in [0.15, 0.2) is 18.3 Å². The van der Waals surface area contributed by atoms with Gasteiger partial charge in [-0.15, -0.1) is 11.6 Å². The first-order chi connectivity index (χ1) is 7.36. The zero-order valence-corrected chi connectivity index (χ0v) is 9.54. The minimum atomic E-state index is 0.445. The number of hydrogen-bond donors (Lipinski definition) is 0. The van der Waals surface area contributed by atoms with E-state index in [4.69, 9.17) is 11.6 Å². The lowest BCUT2D eigenvalue weighted by Gasteiger charge is -2.04. The van der Waals surface area contributed by atoms with Gasteiger partial charge in [-0.2, -0.15) is 0 Å². The Labute approximate surface area is 94.1 Å². The molecule has 2 aromatic heterocycles. The van der Waals surface area contributed by atoms with Crippen LogP contribution in [0, 0.1) is 0 Å². The molecule has 0 fully saturated rings. The molecule has 80 valence electrons. The Morgan fingerprint density at radius 3 is 3.07 bits per heavy atom. The zero-order chi connectivity index (χ0) is 10.7. The van der Waals surface area contributed by atoms with Crippen LogP contribution in [0.1, 0.15) is 25.6 Å². The second-order valence-corrected chi connectivity index (χ2v) is 3.78. The molecule has 2 aromatic rings. The molecule has 0 radical (unpaired) electrons. The fourth-order valence-electron chi connectivity index (χ4n) is 1.66. The summed E-state index contributed by atoms with van der Waals surface area (Å²) in [6.07, 6.45) is 4.09. The number of halogens is 1. The van der Waals surface area contributed by atoms with Crippen molar-refractivity contribution in [2.45, 2.75) is 32.2 Å². The normalized spacial score (nSPS) is 11.1. The summed E-state index contributed by atoms with van der Waals surface area (Å²) >= 11 is 5.87. The predicted molar refractivity (Wildman–Crippen MR) is 62.0 cm³/mol. The van der Waals surface area contributed by atoms with Gasteiger partial charge in [-0.3, -0.25) is 0 Å². The van der Waals surface area contributed by atoms with Crippen molar-refractivity contribution in [2.24, 2.45) is 0 Å². The van der Waals surface area contributed by atoms with Crippen LogP contribution in [0.5, 0.6) is 0 Å². The Bertz CT molecular complexity index is 450. The van der Waals surface area contributed by atoms with Gasteiger partial charge in [0.25, 0.3) is 0 Å². The molecule has 0 aliphatic rings. The topological polar surface area (TPSA) is 30.7 Å². The Hall–Kier alpha value is -1.09. The molecule has 0 saturated heterocycles. The number of imidazole rings is 1. The quantitative estimate of drug-likeness (QED) is 0.747. The Morgan fingerprint density at radius 1 is 1.47 bits per heavy atom. The number of rotatable bonds is 4. The van der Waals surface area contributed by atoms with Crippen LogP contribution in [0.4, 0.5) is 0 Å². The zero-order valence-electron chi connectivity index (χ0n) is 8.78. The number of fused-ring (bicyclic) bond motifs is 1. The van der Waals surface area contributed by atoms with E-state index in [1.54, 1.807) is 6.20 Å². The van der Waals surface area contributed by atoms with E-state index in [0.717, 1.165) is 36.4 Å². The molecule has 0 aromatic carbocycles. The maximum atomic E-state index is 5.87. The molecule has 0 N–H and O–H groups in total. The summed E-state index contributed by atoms with van der Waals surface area (Å²) in [5.41, 5.74) is 1.88. The molecule has 0 saturated carbocycles. The molecule has 2 heterocycles. The first kappa shape index (κ1) is 10.4. The minimum absolute atomic E-state index is 0.445. The number of aromatic nitrogens is 3. The van der Waals surface area contributed by atoms with Gasteiger partial charge in [0.1, 0.15) is 11.3 Å². The molecule has 2 rings (SSSR count). The standard InChI is InChI=1S/C11H14ClN3/c1-2-3-7-15-10(8-12)14-9-5-4-6-13-11(9)15/h4-6H,2-3,7-8H2,1H3. The molecule has 0 unspecified atom stereocenters. The van der Waals surface area contributed by atoms with E-state index in [9.17, 15) is 0 Å². The van der Waals surface area contributed by atoms with Gasteiger partial charge in [0, 0.05) is 12.7 Å². The fourth-order valence-corrected chi connectivity index (χ4v) is 1.86. The third kappa shape index (κ3) is 1.97. The summed E-state index contributed by atoms with van der Waals surface area (Å²) in [5.74, 6) is 1.36. The maximum Gasteiger partial charge on any atom is 0.160 e. The van der Waals surface area contributed by atoms with Gasteiger partial charge in [-0.1, -0.05) is 13.3 Å². The average Bonchev–Trinajstić information content (AvgIpc) is 2.64. The molecule has 15 heavy (non-hydrogen) atoms. The summed E-state index contributed by atoms with van der Waals surface area (Å²) in [6.45, 7) is 3.12. The second-order valence-electron chi connectivity index (χ2n) is 3.51. The molecule has 0 aliphatic carbocycles. The van der Waals surface area contributed by atoms with Crippen LogP contribution in [0.2, 0.25) is 0 Å². The molecular formula is C11H14ClN3. The summed E-state index contributed by atoms with van der Waals surface area (Å²) in [6, 6.07) is 3.87. The van der Waals surface area contributed by atoms with Crippen molar-refractivity contribution < 1.29 is 0 Å². The van der Waals surface area contributed by atoms with Crippen molar-refractivity contribution in [3.63, 3.8) is 0 Å². The van der Waals surface area contributed by atoms with Gasteiger partial charge in [-0.05, 0) is 18.6 Å². The molecule has 0 aliphatic heterocycles. The van der Waals surface area contributed by atoms with Gasteiger partial charge >= 0.3 is 0 Å². The van der Waals surface area contributed by atoms with Crippen molar-refractivity contribution in [3.8, 4) is 0 Å². The van der Waals surface area contributed by atoms with E-state index in [2.05, 4.69) is 21.5 Å². The van der Waals surface area contributed by atoms with E-state index in [1.165, 1.54) is 0 Å². The van der Waals surface area contributed by atoms with E-state index >= 15 is 0 Å². The molecule has 0 amide bonds. The molecular weight excluding hydrogens is 210 g/mol. The van der Waals surface area contributed by atoms with Crippen molar-refractivity contribution >= 4 is 22.8 Å². The summed E-state index contributed by atoms with van der Waals surface area (Å²) in [5, 5.41) is 0. The highest BCUT2D eigenvalue weighted by Gasteiger charge is 2.09. The third-order valence-electron chi connectivity index (χ3n) is 2.44. The lowest BCUT2D eigenvalue weighted by molar-refractivity contribution is 0.624. The van der Waals surface area contributed by atoms with Gasteiger partial charge in [0.05, 0.1) is 5.88 Å². The Morgan fingerprint density at radius 2 is 2.33 bits per heavy atom. The van der Waals surface area contributed by atoms with Gasteiger partial charge < -0.3 is 4.57 Å². The lowest BCUT2D eigenvalue weighted by Crippen LogP contribution is -2.02. The van der Waals surface area contributed by atoms with Crippen LogP contribution in [-0.2, 0) is 12.4 Å². The van der Waals surface area contributed by atoms with Crippen molar-refractivity contribution in [3.05, 3.63) is 24.2 Å². The largest absolute Gasteiger partial charge is 0.312 e. The van der Waals surface area contributed by atoms with Crippen LogP contribution < -0.4 is 0 Å². The summed E-state index contributed by atoms with van der Waals surface area (Å²) in [7, 11) is 0. The van der Waals surface area contributed by atoms with Crippen LogP contribution in [-0.4, -0.2) is 14.5 Å². The van der Waals surface area contributed by atoms with Gasteiger partial charge in [0.15, 0.2) is 5.65 Å². The molecule has 3 nitrogen and oxygen atoms in total. The first-order valence-electron chi connectivity index (χ1n) is 5.23. The van der Waals surface area contributed by atoms with Gasteiger partial charge in [-0.25, -0.2) is 9.97 Å². The smallest absolute Gasteiger partial charge is 0.160 e. The molecule has 0 atom stereocenters. The summed E-state index contributed by atoms with van der Waals surface area (Å²) < 4.78 is 2.12. The number of hydrogen-bond acceptors (Lipinski definition) is 2. The summed E-state index contributed by atoms with van der Waals surface area (Å²) in [4.78, 5) is 8.80. The van der Waals surface area contributed by atoms with E-state index in [1.807, 2.05) is 12.1 Å². The first-order valence-corrected chi connectivity index (χ1v) is 5.76. The average molecular weight is 224 g/mol. The van der Waals surface area contributed by atoms with Crippen molar-refractivity contribution in [1.29, 1.82) is 0 Å². The van der Waals surface area contributed by atoms with E-state index in [-0.39, 0.29) is 0 Å². The number of unbranched alkanes of at least 4 members (excludes halogenated alkanes) is 1. The predicted octanol–water partition coefficient (Wildman–Crippen LogP) is 2.97. The highest BCUT2D eigenvalue weighted by atomic mass is 35.5. The number of pyridine rings is 1. The second kappa shape index (κ2) is 4.62. The maximum absolute atomic E-state index is 5.87. The minimum Gasteiger partial charge on any atom is -0.312 e. The third-order valence-corrected chi connectivity index (χ3v) is 2.68. The van der Waals surface area contributed by atoms with Gasteiger partial charge in [0.2, 0.25) is 0 Å². The molecule has 0 spiro atoms. The molecule has 0 bridgehead atoms. The van der Waals surface area contributed by atoms with E-state index in [0.29, 0.717) is 5.88 Å². The SMILES string of the molecule is CCCCn1c(CCl)nc2cccnc21.